The number of likely N-dealkylation sites (N-methyl/N-ethyl adjacent to an activating group) is 1. The van der Waals surface area contributed by atoms with E-state index >= 15 is 0 Å². The molecular formula is C17H17BrFNO. The zero-order chi connectivity index (χ0) is 15.2. The Hall–Kier alpha value is -1.52. The minimum Gasteiger partial charge on any atom is -0.319 e. The largest absolute Gasteiger partial charge is 0.319 e. The van der Waals surface area contributed by atoms with Crippen molar-refractivity contribution in [2.24, 2.45) is 0 Å². The lowest BCUT2D eigenvalue weighted by Crippen LogP contribution is -2.14. The molecule has 0 saturated heterocycles. The number of nitrogens with one attached hydrogen (secondary N) is 1. The molecule has 0 fully saturated rings. The standard InChI is InChI=1S/C17H17BrFNO/c1-20-9-8-12-4-2-3-5-15(12)17(21)10-13-6-7-14(19)11-16(13)18/h2-7,11,20H,8-10H2,1H3. The molecule has 2 rings (SSSR count). The van der Waals surface area contributed by atoms with Gasteiger partial charge in [-0.3, -0.25) is 4.79 Å². The number of halogens is 2. The van der Waals surface area contributed by atoms with Crippen molar-refractivity contribution in [2.75, 3.05) is 13.6 Å². The normalized spacial score (nSPS) is 10.6. The van der Waals surface area contributed by atoms with Crippen LogP contribution in [0, 0.1) is 5.82 Å². The van der Waals surface area contributed by atoms with Gasteiger partial charge in [-0.2, -0.15) is 0 Å². The van der Waals surface area contributed by atoms with Crippen LogP contribution in [0.25, 0.3) is 0 Å². The molecule has 0 radical (unpaired) electrons. The monoisotopic (exact) mass is 349 g/mol. The number of ketones is 1. The Labute approximate surface area is 132 Å². The zero-order valence-electron chi connectivity index (χ0n) is 11.8. The molecule has 2 aromatic rings. The van der Waals surface area contributed by atoms with E-state index in [1.807, 2.05) is 31.3 Å². The molecule has 21 heavy (non-hydrogen) atoms. The van der Waals surface area contributed by atoms with Crippen molar-refractivity contribution in [1.29, 1.82) is 0 Å². The summed E-state index contributed by atoms with van der Waals surface area (Å²) < 4.78 is 13.7. The predicted octanol–water partition coefficient (Wildman–Crippen LogP) is 3.78. The van der Waals surface area contributed by atoms with Crippen LogP contribution < -0.4 is 5.32 Å². The molecular weight excluding hydrogens is 333 g/mol. The number of Topliss-reactive ketones (excluding diaryl/α,β-unsaturated/α-hetero) is 1. The molecule has 0 aliphatic heterocycles. The maximum Gasteiger partial charge on any atom is 0.167 e. The Morgan fingerprint density at radius 3 is 2.67 bits per heavy atom. The van der Waals surface area contributed by atoms with Crippen molar-refractivity contribution in [3.8, 4) is 0 Å². The molecule has 1 N–H and O–H groups in total. The lowest BCUT2D eigenvalue weighted by atomic mass is 9.97. The van der Waals surface area contributed by atoms with Gasteiger partial charge in [-0.05, 0) is 43.3 Å². The summed E-state index contributed by atoms with van der Waals surface area (Å²) in [7, 11) is 1.89. The summed E-state index contributed by atoms with van der Waals surface area (Å²) >= 11 is 3.31. The predicted molar refractivity (Wildman–Crippen MR) is 86.2 cm³/mol. The van der Waals surface area contributed by atoms with Gasteiger partial charge >= 0.3 is 0 Å². The Kier molecular flexibility index (Phi) is 5.65. The molecule has 0 bridgehead atoms. The molecule has 0 aromatic heterocycles. The number of benzene rings is 2. The van der Waals surface area contributed by atoms with Crippen LogP contribution in [0.4, 0.5) is 4.39 Å². The summed E-state index contributed by atoms with van der Waals surface area (Å²) in [6.07, 6.45) is 1.07. The molecule has 4 heteroatoms. The van der Waals surface area contributed by atoms with Crippen LogP contribution in [0.1, 0.15) is 21.5 Å². The quantitative estimate of drug-likeness (QED) is 0.804. The van der Waals surface area contributed by atoms with Gasteiger partial charge in [0.25, 0.3) is 0 Å². The fraction of sp³-hybridized carbons (Fsp3) is 0.235. The van der Waals surface area contributed by atoms with Gasteiger partial charge in [-0.1, -0.05) is 46.3 Å². The van der Waals surface area contributed by atoms with Crippen LogP contribution in [0.2, 0.25) is 0 Å². The van der Waals surface area contributed by atoms with Gasteiger partial charge in [0.15, 0.2) is 5.78 Å². The van der Waals surface area contributed by atoms with E-state index in [-0.39, 0.29) is 18.0 Å². The van der Waals surface area contributed by atoms with Gasteiger partial charge in [0.1, 0.15) is 5.82 Å². The molecule has 0 aliphatic carbocycles. The van der Waals surface area contributed by atoms with Gasteiger partial charge in [0, 0.05) is 16.5 Å². The highest BCUT2D eigenvalue weighted by Gasteiger charge is 2.13. The number of hydrogen-bond donors (Lipinski definition) is 1. The molecule has 0 heterocycles. The first kappa shape index (κ1) is 15.9. The molecule has 0 atom stereocenters. The second-order valence-corrected chi connectivity index (χ2v) is 5.70. The van der Waals surface area contributed by atoms with E-state index in [9.17, 15) is 9.18 Å². The summed E-state index contributed by atoms with van der Waals surface area (Å²) in [4.78, 5) is 12.5. The molecule has 0 spiro atoms. The molecule has 2 nitrogen and oxygen atoms in total. The smallest absolute Gasteiger partial charge is 0.167 e. The SMILES string of the molecule is CNCCc1ccccc1C(=O)Cc1ccc(F)cc1Br. The van der Waals surface area contributed by atoms with Gasteiger partial charge in [0.05, 0.1) is 0 Å². The lowest BCUT2D eigenvalue weighted by molar-refractivity contribution is 0.0992. The average Bonchev–Trinajstić information content (AvgIpc) is 2.48. The second-order valence-electron chi connectivity index (χ2n) is 4.85. The first-order chi connectivity index (χ1) is 10.1. The van der Waals surface area contributed by atoms with E-state index in [1.165, 1.54) is 12.1 Å². The molecule has 0 saturated carbocycles. The van der Waals surface area contributed by atoms with Crippen LogP contribution in [0.15, 0.2) is 46.9 Å². The highest BCUT2D eigenvalue weighted by atomic mass is 79.9. The molecule has 110 valence electrons. The Balaban J connectivity index is 2.20. The average molecular weight is 350 g/mol. The molecule has 0 amide bonds. The van der Waals surface area contributed by atoms with E-state index in [1.54, 1.807) is 6.07 Å². The minimum absolute atomic E-state index is 0.0500. The van der Waals surface area contributed by atoms with E-state index in [0.717, 1.165) is 29.7 Å². The van der Waals surface area contributed by atoms with E-state index in [4.69, 9.17) is 0 Å². The molecule has 0 unspecified atom stereocenters. The van der Waals surface area contributed by atoms with Crippen molar-refractivity contribution in [3.63, 3.8) is 0 Å². The third-order valence-electron chi connectivity index (χ3n) is 3.33. The number of carbonyl (C=O) groups excluding carboxylic acids is 1. The maximum atomic E-state index is 13.1. The van der Waals surface area contributed by atoms with Crippen LogP contribution in [-0.2, 0) is 12.8 Å². The van der Waals surface area contributed by atoms with Gasteiger partial charge in [-0.15, -0.1) is 0 Å². The van der Waals surface area contributed by atoms with Crippen molar-refractivity contribution in [3.05, 3.63) is 69.4 Å². The fourth-order valence-electron chi connectivity index (χ4n) is 2.20. The number of carbonyl (C=O) groups is 1. The van der Waals surface area contributed by atoms with Crippen molar-refractivity contribution in [2.45, 2.75) is 12.8 Å². The Bertz CT molecular complexity index is 642. The lowest BCUT2D eigenvalue weighted by Gasteiger charge is -2.09. The van der Waals surface area contributed by atoms with Crippen molar-refractivity contribution >= 4 is 21.7 Å². The highest BCUT2D eigenvalue weighted by molar-refractivity contribution is 9.10. The second kappa shape index (κ2) is 7.48. The van der Waals surface area contributed by atoms with E-state index in [2.05, 4.69) is 21.2 Å². The molecule has 0 aliphatic rings. The van der Waals surface area contributed by atoms with E-state index < -0.39 is 0 Å². The summed E-state index contributed by atoms with van der Waals surface area (Å²) in [5.74, 6) is -0.262. The summed E-state index contributed by atoms with van der Waals surface area (Å²) in [5, 5.41) is 3.09. The van der Waals surface area contributed by atoms with Gasteiger partial charge in [-0.25, -0.2) is 4.39 Å². The van der Waals surface area contributed by atoms with Crippen molar-refractivity contribution < 1.29 is 9.18 Å². The highest BCUT2D eigenvalue weighted by Crippen LogP contribution is 2.21. The first-order valence-electron chi connectivity index (χ1n) is 6.81. The van der Waals surface area contributed by atoms with Crippen LogP contribution >= 0.6 is 15.9 Å². The summed E-state index contributed by atoms with van der Waals surface area (Å²) in [6.45, 7) is 0.824. The Morgan fingerprint density at radius 1 is 1.19 bits per heavy atom. The topological polar surface area (TPSA) is 29.1 Å². The number of rotatable bonds is 6. The molecule has 2 aromatic carbocycles. The van der Waals surface area contributed by atoms with Gasteiger partial charge < -0.3 is 5.32 Å². The van der Waals surface area contributed by atoms with E-state index in [0.29, 0.717) is 4.47 Å². The third kappa shape index (κ3) is 4.22. The minimum atomic E-state index is -0.313. The van der Waals surface area contributed by atoms with Gasteiger partial charge in [0.2, 0.25) is 0 Å². The van der Waals surface area contributed by atoms with Crippen LogP contribution in [0.5, 0.6) is 0 Å². The fourth-order valence-corrected chi connectivity index (χ4v) is 2.69. The Morgan fingerprint density at radius 2 is 1.95 bits per heavy atom. The first-order valence-corrected chi connectivity index (χ1v) is 7.60. The zero-order valence-corrected chi connectivity index (χ0v) is 13.4. The summed E-state index contributed by atoms with van der Waals surface area (Å²) in [6, 6.07) is 12.0. The number of hydrogen-bond acceptors (Lipinski definition) is 2. The summed E-state index contributed by atoms with van der Waals surface area (Å²) in [5.41, 5.74) is 2.57. The third-order valence-corrected chi connectivity index (χ3v) is 4.07. The van der Waals surface area contributed by atoms with Crippen LogP contribution in [0.3, 0.4) is 0 Å². The maximum absolute atomic E-state index is 13.1. The van der Waals surface area contributed by atoms with Crippen molar-refractivity contribution in [1.82, 2.24) is 5.32 Å². The van der Waals surface area contributed by atoms with Crippen LogP contribution in [-0.4, -0.2) is 19.4 Å².